The number of hydrogen-bond donors (Lipinski definition) is 4. The lowest BCUT2D eigenvalue weighted by Crippen LogP contribution is -2.51. The van der Waals surface area contributed by atoms with Crippen LogP contribution in [0.4, 0.5) is 9.59 Å². The lowest BCUT2D eigenvalue weighted by Gasteiger charge is -2.36. The Balaban J connectivity index is 0.977. The van der Waals surface area contributed by atoms with Crippen molar-refractivity contribution in [2.24, 2.45) is 11.8 Å². The first-order chi connectivity index (χ1) is 27.0. The molecule has 294 valence electrons. The quantitative estimate of drug-likeness (QED) is 0.159. The van der Waals surface area contributed by atoms with E-state index in [2.05, 4.69) is 57.0 Å². The van der Waals surface area contributed by atoms with E-state index >= 15 is 0 Å². The molecule has 2 aliphatic carbocycles. The summed E-state index contributed by atoms with van der Waals surface area (Å²) in [6.07, 6.45) is 8.85. The Hall–Kier alpha value is -5.66. The van der Waals surface area contributed by atoms with Crippen LogP contribution in [-0.4, -0.2) is 92.6 Å². The number of carbonyl (C=O) groups excluding carboxylic acids is 4. The van der Waals surface area contributed by atoms with Gasteiger partial charge in [-0.05, 0) is 109 Å². The van der Waals surface area contributed by atoms with Gasteiger partial charge in [0.15, 0.2) is 0 Å². The van der Waals surface area contributed by atoms with Gasteiger partial charge in [0.25, 0.3) is 0 Å². The zero-order valence-electron chi connectivity index (χ0n) is 32.6. The Kier molecular flexibility index (Phi) is 10.1. The molecule has 2 aromatic heterocycles. The molecule has 4 amide bonds. The minimum absolute atomic E-state index is 0.101. The summed E-state index contributed by atoms with van der Waals surface area (Å²) in [5.41, 5.74) is 8.87. The molecule has 14 heteroatoms. The third-order valence-corrected chi connectivity index (χ3v) is 12.2. The summed E-state index contributed by atoms with van der Waals surface area (Å²) < 4.78 is 9.50. The molecule has 3 fully saturated rings. The van der Waals surface area contributed by atoms with Crippen molar-refractivity contribution in [3.05, 3.63) is 71.6 Å². The number of methoxy groups -OCH3 is 2. The Labute approximate surface area is 326 Å². The van der Waals surface area contributed by atoms with Crippen LogP contribution in [0.3, 0.4) is 0 Å². The highest BCUT2D eigenvalue weighted by Gasteiger charge is 2.50. The first kappa shape index (κ1) is 37.3. The molecule has 56 heavy (non-hydrogen) atoms. The highest BCUT2D eigenvalue weighted by atomic mass is 16.5. The molecule has 4 N–H and O–H groups in total. The average Bonchev–Trinajstić information content (AvgIpc) is 4.06. The molecule has 8 rings (SSSR count). The number of amides is 4. The van der Waals surface area contributed by atoms with Crippen molar-refractivity contribution in [3.63, 3.8) is 0 Å². The van der Waals surface area contributed by atoms with Gasteiger partial charge in [0.05, 0.1) is 50.1 Å². The number of carbonyl (C=O) groups is 4. The molecule has 0 radical (unpaired) electrons. The first-order valence-electron chi connectivity index (χ1n) is 19.7. The molecule has 6 atom stereocenters. The van der Waals surface area contributed by atoms with Gasteiger partial charge in [-0.2, -0.15) is 0 Å². The Morgan fingerprint density at radius 2 is 1.39 bits per heavy atom. The minimum Gasteiger partial charge on any atom is -0.453 e. The molecular weight excluding hydrogens is 713 g/mol. The number of nitrogens with one attached hydrogen (secondary N) is 4. The average molecular weight is 763 g/mol. The molecule has 0 unspecified atom stereocenters. The summed E-state index contributed by atoms with van der Waals surface area (Å²) in [4.78, 5) is 71.4. The Bertz CT molecular complexity index is 2160. The van der Waals surface area contributed by atoms with E-state index in [0.717, 1.165) is 79.1 Å². The standard InChI is InChI=1S/C42H50N8O6/c1-22(2)35(48-42(54)56-5)40(52)49-16-6-7-34(49)37-43-20-32(46-37)26-11-14-30-24(17-26)8-9-25-18-27(12-15-31(25)30)33-21-44-38(47-33)36-28-10-13-29(19-28)50(36)39(51)23(3)45-41(53)55-4/h11-12,14-15,17-18,20-23,28-29,34-36H,6-10,13,16,19H2,1-5H3,(H,43,46)(H,44,47)(H,45,53)(H,48,54)/t23-,28-,29+,34-,35-,36-/m0/s1. The van der Waals surface area contributed by atoms with Crippen LogP contribution in [0.25, 0.3) is 33.6 Å². The van der Waals surface area contributed by atoms with E-state index in [1.54, 1.807) is 6.92 Å². The molecule has 1 saturated carbocycles. The van der Waals surface area contributed by atoms with Gasteiger partial charge in [0.2, 0.25) is 11.8 Å². The van der Waals surface area contributed by atoms with E-state index in [-0.39, 0.29) is 35.9 Å². The van der Waals surface area contributed by atoms with Gasteiger partial charge in [0.1, 0.15) is 23.7 Å². The molecule has 4 heterocycles. The Morgan fingerprint density at radius 1 is 0.786 bits per heavy atom. The summed E-state index contributed by atoms with van der Waals surface area (Å²) in [6.45, 7) is 6.12. The van der Waals surface area contributed by atoms with E-state index < -0.39 is 24.3 Å². The number of alkyl carbamates (subject to hydrolysis) is 2. The second-order valence-electron chi connectivity index (χ2n) is 15.9. The maximum atomic E-state index is 13.6. The third kappa shape index (κ3) is 6.79. The number of fused-ring (bicyclic) bond motifs is 5. The molecule has 4 aromatic rings. The predicted molar refractivity (Wildman–Crippen MR) is 208 cm³/mol. The number of aromatic nitrogens is 4. The van der Waals surface area contributed by atoms with Gasteiger partial charge in [-0.15, -0.1) is 0 Å². The van der Waals surface area contributed by atoms with Crippen molar-refractivity contribution >= 4 is 24.0 Å². The molecule has 2 aliphatic heterocycles. The van der Waals surface area contributed by atoms with Gasteiger partial charge in [0, 0.05) is 12.6 Å². The van der Waals surface area contributed by atoms with Gasteiger partial charge in [-0.3, -0.25) is 9.59 Å². The number of ether oxygens (including phenoxy) is 2. The van der Waals surface area contributed by atoms with E-state index in [9.17, 15) is 19.2 Å². The van der Waals surface area contributed by atoms with Crippen LogP contribution >= 0.6 is 0 Å². The van der Waals surface area contributed by atoms with Crippen LogP contribution in [-0.2, 0) is 31.9 Å². The lowest BCUT2D eigenvalue weighted by atomic mass is 9.83. The molecular formula is C42H50N8O6. The fraction of sp³-hybridized carbons (Fsp3) is 0.476. The molecule has 2 aromatic carbocycles. The number of likely N-dealkylation sites (tertiary alicyclic amines) is 2. The van der Waals surface area contributed by atoms with Crippen LogP contribution in [0.2, 0.25) is 0 Å². The first-order valence-corrected chi connectivity index (χ1v) is 19.7. The maximum absolute atomic E-state index is 13.6. The number of H-pyrrole nitrogens is 2. The summed E-state index contributed by atoms with van der Waals surface area (Å²) in [5.74, 6) is 1.51. The van der Waals surface area contributed by atoms with Gasteiger partial charge in [-0.1, -0.05) is 38.1 Å². The van der Waals surface area contributed by atoms with E-state index in [1.165, 1.54) is 36.5 Å². The van der Waals surface area contributed by atoms with Gasteiger partial charge in [-0.25, -0.2) is 19.6 Å². The van der Waals surface area contributed by atoms with E-state index in [0.29, 0.717) is 12.5 Å². The van der Waals surface area contributed by atoms with Crippen molar-refractivity contribution < 1.29 is 28.7 Å². The number of hydrogen-bond acceptors (Lipinski definition) is 8. The van der Waals surface area contributed by atoms with Crippen molar-refractivity contribution in [2.45, 2.75) is 95.9 Å². The second-order valence-corrected chi connectivity index (χ2v) is 15.9. The summed E-state index contributed by atoms with van der Waals surface area (Å²) in [7, 11) is 2.59. The number of piperidine rings is 1. The van der Waals surface area contributed by atoms with Crippen LogP contribution < -0.4 is 10.6 Å². The van der Waals surface area contributed by atoms with Crippen LogP contribution in [0, 0.1) is 11.8 Å². The summed E-state index contributed by atoms with van der Waals surface area (Å²) in [6, 6.07) is 11.5. The monoisotopic (exact) mass is 762 g/mol. The number of aromatic amines is 2. The maximum Gasteiger partial charge on any atom is 0.407 e. The van der Waals surface area contributed by atoms with Crippen molar-refractivity contribution in [3.8, 4) is 33.6 Å². The SMILES string of the molecule is COC(=O)N[C@@H](C)C(=O)N1[C@@H]2CC[C@@H](C2)[C@H]1c1ncc(-c2ccc3c(c2)CCc2cc(-c4cnc([C@@H]5CCCN5C(=O)[C@@H](NC(=O)OC)C(C)C)[nH]4)ccc2-3)[nH]1. The van der Waals surface area contributed by atoms with Crippen molar-refractivity contribution in [1.82, 2.24) is 40.4 Å². The summed E-state index contributed by atoms with van der Waals surface area (Å²) in [5, 5.41) is 5.34. The normalized spacial score (nSPS) is 22.0. The topological polar surface area (TPSA) is 175 Å². The van der Waals surface area contributed by atoms with Crippen LogP contribution in [0.5, 0.6) is 0 Å². The predicted octanol–water partition coefficient (Wildman–Crippen LogP) is 6.07. The smallest absolute Gasteiger partial charge is 0.407 e. The fourth-order valence-electron chi connectivity index (χ4n) is 9.39. The zero-order chi connectivity index (χ0) is 39.2. The number of rotatable bonds is 9. The third-order valence-electron chi connectivity index (χ3n) is 12.2. The molecule has 14 nitrogen and oxygen atoms in total. The van der Waals surface area contributed by atoms with Crippen LogP contribution in [0.1, 0.15) is 87.7 Å². The number of nitrogens with zero attached hydrogens (tertiary/aromatic N) is 4. The lowest BCUT2D eigenvalue weighted by molar-refractivity contribution is -0.138. The number of imidazole rings is 2. The summed E-state index contributed by atoms with van der Waals surface area (Å²) >= 11 is 0. The number of aryl methyl sites for hydroxylation is 2. The molecule has 0 spiro atoms. The molecule has 4 aliphatic rings. The van der Waals surface area contributed by atoms with Crippen molar-refractivity contribution in [2.75, 3.05) is 20.8 Å². The Morgan fingerprint density at radius 3 is 2.02 bits per heavy atom. The molecule has 2 saturated heterocycles. The van der Waals surface area contributed by atoms with E-state index in [4.69, 9.17) is 19.4 Å². The second kappa shape index (κ2) is 15.1. The number of benzene rings is 2. The van der Waals surface area contributed by atoms with E-state index in [1.807, 2.05) is 36.0 Å². The van der Waals surface area contributed by atoms with Gasteiger partial charge >= 0.3 is 12.2 Å². The van der Waals surface area contributed by atoms with Crippen molar-refractivity contribution in [1.29, 1.82) is 0 Å². The van der Waals surface area contributed by atoms with Gasteiger partial charge < -0.3 is 39.9 Å². The zero-order valence-corrected chi connectivity index (χ0v) is 32.6. The highest BCUT2D eigenvalue weighted by molar-refractivity contribution is 5.87. The van der Waals surface area contributed by atoms with Crippen LogP contribution in [0.15, 0.2) is 48.8 Å². The highest BCUT2D eigenvalue weighted by Crippen LogP contribution is 2.50. The largest absolute Gasteiger partial charge is 0.453 e. The minimum atomic E-state index is -0.697. The molecule has 2 bridgehead atoms. The fourth-order valence-corrected chi connectivity index (χ4v) is 9.39.